The second kappa shape index (κ2) is 9.79. The maximum atomic E-state index is 13.0. The first kappa shape index (κ1) is 21.1. The van der Waals surface area contributed by atoms with Gasteiger partial charge < -0.3 is 14.5 Å². The standard InChI is InChI=1S/C25H29N3O3/c1-31-23-11-9-22(10-12-23)28-19-21(18-24(28)29)25(30)27-16-14-26(15-17-27)13-5-8-20-6-3-2-4-7-20/h2-12,21H,13-19H2,1H3/b8-5+/t21-/m0/s1. The molecule has 2 aromatic rings. The summed E-state index contributed by atoms with van der Waals surface area (Å²) in [5, 5.41) is 0. The Labute approximate surface area is 183 Å². The SMILES string of the molecule is COc1ccc(N2C[C@@H](C(=O)N3CCN(C/C=C/c4ccccc4)CC3)CC2=O)cc1. The highest BCUT2D eigenvalue weighted by atomic mass is 16.5. The lowest BCUT2D eigenvalue weighted by atomic mass is 10.1. The molecule has 0 spiro atoms. The molecule has 0 aliphatic carbocycles. The lowest BCUT2D eigenvalue weighted by Crippen LogP contribution is -2.50. The summed E-state index contributed by atoms with van der Waals surface area (Å²) in [6.45, 7) is 4.46. The number of rotatable bonds is 6. The van der Waals surface area contributed by atoms with Gasteiger partial charge in [0.25, 0.3) is 0 Å². The van der Waals surface area contributed by atoms with E-state index in [0.717, 1.165) is 31.1 Å². The largest absolute Gasteiger partial charge is 0.497 e. The predicted molar refractivity (Wildman–Crippen MR) is 122 cm³/mol. The molecule has 2 aromatic carbocycles. The molecular weight excluding hydrogens is 390 g/mol. The summed E-state index contributed by atoms with van der Waals surface area (Å²) in [6.07, 6.45) is 4.59. The first-order chi connectivity index (χ1) is 15.1. The number of benzene rings is 2. The summed E-state index contributed by atoms with van der Waals surface area (Å²) >= 11 is 0. The number of hydrogen-bond acceptors (Lipinski definition) is 4. The lowest BCUT2D eigenvalue weighted by molar-refractivity contribution is -0.137. The lowest BCUT2D eigenvalue weighted by Gasteiger charge is -2.35. The number of piperazine rings is 1. The highest BCUT2D eigenvalue weighted by molar-refractivity contribution is 6.00. The van der Waals surface area contributed by atoms with Crippen LogP contribution in [0.3, 0.4) is 0 Å². The molecule has 0 unspecified atom stereocenters. The molecule has 1 atom stereocenters. The minimum atomic E-state index is -0.265. The van der Waals surface area contributed by atoms with Crippen LogP contribution >= 0.6 is 0 Å². The third kappa shape index (κ3) is 5.14. The molecule has 2 amide bonds. The van der Waals surface area contributed by atoms with Crippen molar-refractivity contribution in [3.63, 3.8) is 0 Å². The monoisotopic (exact) mass is 419 g/mol. The summed E-state index contributed by atoms with van der Waals surface area (Å²) in [6, 6.07) is 17.7. The molecule has 6 heteroatoms. The van der Waals surface area contributed by atoms with E-state index < -0.39 is 0 Å². The molecule has 2 heterocycles. The van der Waals surface area contributed by atoms with Crippen molar-refractivity contribution in [2.24, 2.45) is 5.92 Å². The highest BCUT2D eigenvalue weighted by Gasteiger charge is 2.37. The predicted octanol–water partition coefficient (Wildman–Crippen LogP) is 2.91. The van der Waals surface area contributed by atoms with Gasteiger partial charge in [0, 0.05) is 51.4 Å². The van der Waals surface area contributed by atoms with Crippen molar-refractivity contribution in [3.05, 3.63) is 66.2 Å². The fourth-order valence-electron chi connectivity index (χ4n) is 4.20. The highest BCUT2D eigenvalue weighted by Crippen LogP contribution is 2.28. The molecule has 0 N–H and O–H groups in total. The normalized spacial score (nSPS) is 19.9. The number of carbonyl (C=O) groups is 2. The van der Waals surface area contributed by atoms with E-state index in [9.17, 15) is 9.59 Å². The van der Waals surface area contributed by atoms with Gasteiger partial charge in [-0.15, -0.1) is 0 Å². The molecule has 6 nitrogen and oxygen atoms in total. The van der Waals surface area contributed by atoms with Gasteiger partial charge in [-0.25, -0.2) is 0 Å². The van der Waals surface area contributed by atoms with Crippen molar-refractivity contribution in [1.29, 1.82) is 0 Å². The Morgan fingerprint density at radius 3 is 2.42 bits per heavy atom. The van der Waals surface area contributed by atoms with Gasteiger partial charge in [0.2, 0.25) is 11.8 Å². The number of nitrogens with zero attached hydrogens (tertiary/aromatic N) is 3. The Hall–Kier alpha value is -3.12. The zero-order valence-electron chi connectivity index (χ0n) is 17.9. The zero-order chi connectivity index (χ0) is 21.6. The molecule has 0 bridgehead atoms. The summed E-state index contributed by atoms with van der Waals surface area (Å²) in [7, 11) is 1.62. The third-order valence-electron chi connectivity index (χ3n) is 6.02. The van der Waals surface area contributed by atoms with Gasteiger partial charge in [0.1, 0.15) is 5.75 Å². The fourth-order valence-corrected chi connectivity index (χ4v) is 4.20. The van der Waals surface area contributed by atoms with E-state index in [0.29, 0.717) is 19.6 Å². The molecule has 2 aliphatic rings. The second-order valence-electron chi connectivity index (χ2n) is 8.04. The van der Waals surface area contributed by atoms with Crippen LogP contribution in [-0.4, -0.2) is 68.0 Å². The van der Waals surface area contributed by atoms with E-state index in [-0.39, 0.29) is 24.2 Å². The van der Waals surface area contributed by atoms with Gasteiger partial charge in [-0.05, 0) is 29.8 Å². The molecule has 2 saturated heterocycles. The zero-order valence-corrected chi connectivity index (χ0v) is 17.9. The first-order valence-corrected chi connectivity index (χ1v) is 10.8. The van der Waals surface area contributed by atoms with Gasteiger partial charge in [-0.1, -0.05) is 42.5 Å². The summed E-state index contributed by atoms with van der Waals surface area (Å²) in [4.78, 5) is 31.5. The summed E-state index contributed by atoms with van der Waals surface area (Å²) in [5.74, 6) is 0.593. The maximum Gasteiger partial charge on any atom is 0.228 e. The van der Waals surface area contributed by atoms with Crippen molar-refractivity contribution in [1.82, 2.24) is 9.80 Å². The molecule has 162 valence electrons. The average Bonchev–Trinajstić information content (AvgIpc) is 3.21. The minimum absolute atomic E-state index is 0.00759. The maximum absolute atomic E-state index is 13.0. The van der Waals surface area contributed by atoms with E-state index in [2.05, 4.69) is 29.2 Å². The van der Waals surface area contributed by atoms with E-state index in [1.165, 1.54) is 5.56 Å². The molecule has 31 heavy (non-hydrogen) atoms. The van der Waals surface area contributed by atoms with E-state index in [4.69, 9.17) is 4.74 Å². The van der Waals surface area contributed by atoms with Gasteiger partial charge in [0.05, 0.1) is 13.0 Å². The molecule has 0 aromatic heterocycles. The minimum Gasteiger partial charge on any atom is -0.497 e. The molecule has 4 rings (SSSR count). The Bertz CT molecular complexity index is 919. The smallest absolute Gasteiger partial charge is 0.228 e. The number of carbonyl (C=O) groups excluding carboxylic acids is 2. The number of hydrogen-bond donors (Lipinski definition) is 0. The van der Waals surface area contributed by atoms with Crippen molar-refractivity contribution in [3.8, 4) is 5.75 Å². The Balaban J connectivity index is 1.26. The van der Waals surface area contributed by atoms with Crippen LogP contribution in [0.5, 0.6) is 5.75 Å². The van der Waals surface area contributed by atoms with Gasteiger partial charge in [-0.2, -0.15) is 0 Å². The van der Waals surface area contributed by atoms with Crippen LogP contribution in [0.2, 0.25) is 0 Å². The van der Waals surface area contributed by atoms with Crippen molar-refractivity contribution >= 4 is 23.6 Å². The number of ether oxygens (including phenoxy) is 1. The molecule has 2 aliphatic heterocycles. The van der Waals surface area contributed by atoms with Crippen LogP contribution in [-0.2, 0) is 9.59 Å². The van der Waals surface area contributed by atoms with Gasteiger partial charge in [0.15, 0.2) is 0 Å². The van der Waals surface area contributed by atoms with Crippen LogP contribution in [0.4, 0.5) is 5.69 Å². The van der Waals surface area contributed by atoms with Crippen LogP contribution in [0.1, 0.15) is 12.0 Å². The number of amides is 2. The Morgan fingerprint density at radius 2 is 1.74 bits per heavy atom. The Morgan fingerprint density at radius 1 is 1.03 bits per heavy atom. The molecular formula is C25H29N3O3. The van der Waals surface area contributed by atoms with Crippen LogP contribution in [0, 0.1) is 5.92 Å². The van der Waals surface area contributed by atoms with E-state index in [1.54, 1.807) is 12.0 Å². The quantitative estimate of drug-likeness (QED) is 0.723. The van der Waals surface area contributed by atoms with Crippen LogP contribution < -0.4 is 9.64 Å². The van der Waals surface area contributed by atoms with E-state index in [1.807, 2.05) is 47.4 Å². The molecule has 0 saturated carbocycles. The van der Waals surface area contributed by atoms with Crippen LogP contribution in [0.25, 0.3) is 6.08 Å². The third-order valence-corrected chi connectivity index (χ3v) is 6.02. The van der Waals surface area contributed by atoms with Crippen molar-refractivity contribution in [2.75, 3.05) is 51.3 Å². The second-order valence-corrected chi connectivity index (χ2v) is 8.04. The van der Waals surface area contributed by atoms with Gasteiger partial charge >= 0.3 is 0 Å². The fraction of sp³-hybridized carbons (Fsp3) is 0.360. The van der Waals surface area contributed by atoms with Gasteiger partial charge in [-0.3, -0.25) is 14.5 Å². The first-order valence-electron chi connectivity index (χ1n) is 10.8. The van der Waals surface area contributed by atoms with Crippen molar-refractivity contribution in [2.45, 2.75) is 6.42 Å². The van der Waals surface area contributed by atoms with Crippen LogP contribution in [0.15, 0.2) is 60.7 Å². The summed E-state index contributed by atoms with van der Waals surface area (Å²) < 4.78 is 5.18. The topological polar surface area (TPSA) is 53.1 Å². The number of methoxy groups -OCH3 is 1. The molecule has 0 radical (unpaired) electrons. The summed E-state index contributed by atoms with van der Waals surface area (Å²) in [5.41, 5.74) is 2.01. The van der Waals surface area contributed by atoms with E-state index >= 15 is 0 Å². The Kier molecular flexibility index (Phi) is 6.67. The average molecular weight is 420 g/mol. The van der Waals surface area contributed by atoms with Crippen molar-refractivity contribution < 1.29 is 14.3 Å². The number of anilines is 1. The molecule has 2 fully saturated rings.